The molecule has 0 aliphatic carbocycles. The summed E-state index contributed by atoms with van der Waals surface area (Å²) in [6.45, 7) is 5.90. The average Bonchev–Trinajstić information content (AvgIpc) is 3.04. The molecule has 3 aromatic rings. The van der Waals surface area contributed by atoms with Crippen LogP contribution in [0.15, 0.2) is 30.5 Å². The second-order valence-corrected chi connectivity index (χ2v) is 8.24. The van der Waals surface area contributed by atoms with Crippen LogP contribution in [0.1, 0.15) is 6.42 Å². The van der Waals surface area contributed by atoms with E-state index in [4.69, 9.17) is 9.72 Å². The van der Waals surface area contributed by atoms with E-state index in [0.29, 0.717) is 38.1 Å². The molecule has 0 N–H and O–H groups in total. The van der Waals surface area contributed by atoms with Crippen molar-refractivity contribution in [2.45, 2.75) is 6.42 Å². The maximum Gasteiger partial charge on any atom is 0.227 e. The molecule has 2 aliphatic heterocycles. The summed E-state index contributed by atoms with van der Waals surface area (Å²) in [5, 5.41) is 1.06. The molecule has 2 fully saturated rings. The lowest BCUT2D eigenvalue weighted by atomic mass is 10.3. The molecule has 7 nitrogen and oxygen atoms in total. The largest absolute Gasteiger partial charge is 0.378 e. The Balaban J connectivity index is 1.32. The minimum absolute atomic E-state index is 0.374. The van der Waals surface area contributed by atoms with Crippen molar-refractivity contribution in [3.63, 3.8) is 0 Å². The van der Waals surface area contributed by atoms with Crippen molar-refractivity contribution >= 4 is 38.5 Å². The smallest absolute Gasteiger partial charge is 0.227 e. The summed E-state index contributed by atoms with van der Waals surface area (Å²) < 4.78 is 20.9. The van der Waals surface area contributed by atoms with Crippen molar-refractivity contribution in [3.05, 3.63) is 36.3 Å². The Morgan fingerprint density at radius 3 is 2.55 bits per heavy atom. The molecule has 0 amide bonds. The zero-order chi connectivity index (χ0) is 19.6. The third-order valence-corrected chi connectivity index (χ3v) is 6.45. The molecule has 0 saturated carbocycles. The molecule has 2 aliphatic rings. The number of nitrogens with zero attached hydrogens (tertiary/aromatic N) is 6. The number of morpholine rings is 1. The number of anilines is 3. The Morgan fingerprint density at radius 1 is 0.897 bits per heavy atom. The first-order chi connectivity index (χ1) is 14.3. The van der Waals surface area contributed by atoms with Crippen molar-refractivity contribution in [2.24, 2.45) is 0 Å². The summed E-state index contributed by atoms with van der Waals surface area (Å²) >= 11 is 1.73. The van der Waals surface area contributed by atoms with Gasteiger partial charge >= 0.3 is 0 Å². The van der Waals surface area contributed by atoms with Crippen LogP contribution in [0.2, 0.25) is 0 Å². The normalized spacial score (nSPS) is 18.3. The lowest BCUT2D eigenvalue weighted by Gasteiger charge is -2.29. The van der Waals surface area contributed by atoms with Crippen LogP contribution in [0.25, 0.3) is 10.2 Å². The standard InChI is InChI=1S/C20H23FN6OS/c21-15-14-22-19(24-18(15)25-10-12-28-13-11-25)26-6-3-7-27(9-8-26)20-23-16-4-1-2-5-17(16)29-20/h1-2,4-5,14H,3,6-13H2. The molecule has 9 heteroatoms. The Bertz CT molecular complexity index is 959. The predicted octanol–water partition coefficient (Wildman–Crippen LogP) is 2.78. The van der Waals surface area contributed by atoms with Crippen LogP contribution in [0, 0.1) is 5.82 Å². The van der Waals surface area contributed by atoms with Gasteiger partial charge in [-0.25, -0.2) is 14.4 Å². The lowest BCUT2D eigenvalue weighted by molar-refractivity contribution is 0.122. The molecule has 29 heavy (non-hydrogen) atoms. The van der Waals surface area contributed by atoms with E-state index in [1.807, 2.05) is 17.0 Å². The SMILES string of the molecule is Fc1cnc(N2CCCN(c3nc4ccccc4s3)CC2)nc1N1CCOCC1. The summed E-state index contributed by atoms with van der Waals surface area (Å²) in [6, 6.07) is 8.24. The zero-order valence-electron chi connectivity index (χ0n) is 16.1. The Kier molecular flexibility index (Phi) is 5.15. The third kappa shape index (κ3) is 3.84. The van der Waals surface area contributed by atoms with Crippen molar-refractivity contribution in [2.75, 3.05) is 67.2 Å². The highest BCUT2D eigenvalue weighted by Gasteiger charge is 2.23. The lowest BCUT2D eigenvalue weighted by Crippen LogP contribution is -2.38. The van der Waals surface area contributed by atoms with Gasteiger partial charge in [-0.1, -0.05) is 23.5 Å². The first-order valence-corrected chi connectivity index (χ1v) is 10.8. The van der Waals surface area contributed by atoms with Crippen LogP contribution >= 0.6 is 11.3 Å². The molecule has 1 aromatic carbocycles. The van der Waals surface area contributed by atoms with Gasteiger partial charge in [0.1, 0.15) is 0 Å². The number of hydrogen-bond donors (Lipinski definition) is 0. The van der Waals surface area contributed by atoms with Crippen LogP contribution in [0.4, 0.5) is 21.3 Å². The molecule has 0 bridgehead atoms. The Labute approximate surface area is 172 Å². The molecule has 0 atom stereocenters. The van der Waals surface area contributed by atoms with E-state index in [-0.39, 0.29) is 5.82 Å². The number of hydrogen-bond acceptors (Lipinski definition) is 8. The molecule has 2 aromatic heterocycles. The number of fused-ring (bicyclic) bond motifs is 1. The molecular formula is C20H23FN6OS. The number of aromatic nitrogens is 3. The second-order valence-electron chi connectivity index (χ2n) is 7.23. The van der Waals surface area contributed by atoms with Crippen molar-refractivity contribution in [1.29, 1.82) is 0 Å². The summed E-state index contributed by atoms with van der Waals surface area (Å²) in [7, 11) is 0. The summed E-state index contributed by atoms with van der Waals surface area (Å²) in [5.74, 6) is 0.603. The van der Waals surface area contributed by atoms with E-state index in [0.717, 1.165) is 43.2 Å². The van der Waals surface area contributed by atoms with Gasteiger partial charge in [-0.3, -0.25) is 0 Å². The highest BCUT2D eigenvalue weighted by molar-refractivity contribution is 7.22. The summed E-state index contributed by atoms with van der Waals surface area (Å²) in [6.07, 6.45) is 2.27. The van der Waals surface area contributed by atoms with Gasteiger partial charge in [0.25, 0.3) is 0 Å². The van der Waals surface area contributed by atoms with E-state index in [9.17, 15) is 4.39 Å². The fourth-order valence-corrected chi connectivity index (χ4v) is 4.82. The second kappa shape index (κ2) is 8.08. The predicted molar refractivity (Wildman–Crippen MR) is 114 cm³/mol. The van der Waals surface area contributed by atoms with E-state index < -0.39 is 0 Å². The maximum atomic E-state index is 14.3. The fourth-order valence-electron chi connectivity index (χ4n) is 3.80. The summed E-state index contributed by atoms with van der Waals surface area (Å²) in [5.41, 5.74) is 1.05. The molecule has 5 rings (SSSR count). The minimum atomic E-state index is -0.374. The molecule has 0 spiro atoms. The van der Waals surface area contributed by atoms with E-state index >= 15 is 0 Å². The minimum Gasteiger partial charge on any atom is -0.378 e. The highest BCUT2D eigenvalue weighted by Crippen LogP contribution is 2.29. The van der Waals surface area contributed by atoms with Crippen molar-refractivity contribution in [3.8, 4) is 0 Å². The van der Waals surface area contributed by atoms with E-state index in [2.05, 4.69) is 31.9 Å². The number of para-hydroxylation sites is 1. The van der Waals surface area contributed by atoms with Gasteiger partial charge in [-0.05, 0) is 18.6 Å². The zero-order valence-corrected chi connectivity index (χ0v) is 16.9. The fraction of sp³-hybridized carbons (Fsp3) is 0.450. The molecule has 2 saturated heterocycles. The van der Waals surface area contributed by atoms with Crippen LogP contribution < -0.4 is 14.7 Å². The number of ether oxygens (including phenoxy) is 1. The van der Waals surface area contributed by atoms with Crippen molar-refractivity contribution in [1.82, 2.24) is 15.0 Å². The number of benzene rings is 1. The molecule has 0 radical (unpaired) electrons. The monoisotopic (exact) mass is 414 g/mol. The first kappa shape index (κ1) is 18.5. The Hall–Kier alpha value is -2.52. The van der Waals surface area contributed by atoms with Gasteiger partial charge in [-0.2, -0.15) is 4.98 Å². The van der Waals surface area contributed by atoms with Gasteiger partial charge in [0, 0.05) is 39.3 Å². The van der Waals surface area contributed by atoms with Crippen LogP contribution in [0.5, 0.6) is 0 Å². The molecule has 152 valence electrons. The van der Waals surface area contributed by atoms with E-state index in [1.165, 1.54) is 10.9 Å². The quantitative estimate of drug-likeness (QED) is 0.653. The van der Waals surface area contributed by atoms with Crippen molar-refractivity contribution < 1.29 is 9.13 Å². The molecule has 4 heterocycles. The number of rotatable bonds is 3. The van der Waals surface area contributed by atoms with E-state index in [1.54, 1.807) is 11.3 Å². The highest BCUT2D eigenvalue weighted by atomic mass is 32.1. The van der Waals surface area contributed by atoms with Gasteiger partial charge < -0.3 is 19.4 Å². The van der Waals surface area contributed by atoms with Crippen LogP contribution in [-0.2, 0) is 4.74 Å². The summed E-state index contributed by atoms with van der Waals surface area (Å²) in [4.78, 5) is 20.1. The van der Waals surface area contributed by atoms with Gasteiger partial charge in [-0.15, -0.1) is 0 Å². The molecular weight excluding hydrogens is 391 g/mol. The maximum absolute atomic E-state index is 14.3. The van der Waals surface area contributed by atoms with Gasteiger partial charge in [0.15, 0.2) is 16.8 Å². The molecule has 0 unspecified atom stereocenters. The third-order valence-electron chi connectivity index (χ3n) is 5.36. The van der Waals surface area contributed by atoms with Gasteiger partial charge in [0.2, 0.25) is 5.95 Å². The topological polar surface area (TPSA) is 57.6 Å². The van der Waals surface area contributed by atoms with Crippen LogP contribution in [0.3, 0.4) is 0 Å². The number of halogens is 1. The Morgan fingerprint density at radius 2 is 1.69 bits per heavy atom. The number of thiazole rings is 1. The van der Waals surface area contributed by atoms with Gasteiger partial charge in [0.05, 0.1) is 29.6 Å². The van der Waals surface area contributed by atoms with Crippen LogP contribution in [-0.4, -0.2) is 67.4 Å². The average molecular weight is 415 g/mol. The first-order valence-electron chi connectivity index (χ1n) is 9.99.